The van der Waals surface area contributed by atoms with Gasteiger partial charge in [0.2, 0.25) is 0 Å². The van der Waals surface area contributed by atoms with E-state index in [4.69, 9.17) is 4.74 Å². The molecule has 2 heterocycles. The van der Waals surface area contributed by atoms with Crippen LogP contribution in [-0.4, -0.2) is 33.0 Å². The number of nitrogens with zero attached hydrogens (tertiary/aromatic N) is 3. The maximum atomic E-state index is 14.4. The number of carbonyl (C=O) groups is 1. The zero-order valence-corrected chi connectivity index (χ0v) is 20.6. The molecule has 7 nitrogen and oxygen atoms in total. The van der Waals surface area contributed by atoms with Crippen molar-refractivity contribution in [3.8, 4) is 17.5 Å². The van der Waals surface area contributed by atoms with Crippen LogP contribution in [0.4, 0.5) is 4.39 Å². The Morgan fingerprint density at radius 1 is 1.28 bits per heavy atom. The first kappa shape index (κ1) is 23.9. The van der Waals surface area contributed by atoms with Crippen molar-refractivity contribution in [2.24, 2.45) is 5.92 Å². The second-order valence-corrected chi connectivity index (χ2v) is 10.3. The lowest BCUT2D eigenvalue weighted by Crippen LogP contribution is -2.25. The van der Waals surface area contributed by atoms with Crippen LogP contribution in [0.1, 0.15) is 63.1 Å². The average molecular weight is 489 g/mol. The molecular formula is C28H29FN4O3. The molecule has 4 aromatic rings. The summed E-state index contributed by atoms with van der Waals surface area (Å²) in [7, 11) is 1.44. The van der Waals surface area contributed by atoms with E-state index in [2.05, 4.69) is 46.8 Å². The first-order valence-corrected chi connectivity index (χ1v) is 12.2. The largest absolute Gasteiger partial charge is 0.494 e. The predicted molar refractivity (Wildman–Crippen MR) is 135 cm³/mol. The number of halogens is 1. The fourth-order valence-corrected chi connectivity index (χ4v) is 5.80. The molecule has 1 aliphatic carbocycles. The van der Waals surface area contributed by atoms with Crippen molar-refractivity contribution in [3.63, 3.8) is 0 Å². The zero-order valence-electron chi connectivity index (χ0n) is 20.6. The summed E-state index contributed by atoms with van der Waals surface area (Å²) in [5.74, 6) is -1.23. The molecule has 1 aliphatic rings. The van der Waals surface area contributed by atoms with Gasteiger partial charge in [0.1, 0.15) is 0 Å². The van der Waals surface area contributed by atoms with E-state index in [-0.39, 0.29) is 17.6 Å². The maximum absolute atomic E-state index is 14.4. The highest BCUT2D eigenvalue weighted by atomic mass is 19.1. The molecule has 0 saturated heterocycles. The topological polar surface area (TPSA) is 104 Å². The molecule has 186 valence electrons. The molecule has 0 unspecified atom stereocenters. The van der Waals surface area contributed by atoms with Gasteiger partial charge < -0.3 is 14.4 Å². The van der Waals surface area contributed by atoms with Gasteiger partial charge in [-0.3, -0.25) is 9.89 Å². The first-order chi connectivity index (χ1) is 17.2. The van der Waals surface area contributed by atoms with E-state index in [9.17, 15) is 19.6 Å². The third kappa shape index (κ3) is 3.89. The van der Waals surface area contributed by atoms with Gasteiger partial charge in [-0.05, 0) is 61.4 Å². The molecule has 8 heteroatoms. The average Bonchev–Trinajstić information content (AvgIpc) is 3.45. The van der Waals surface area contributed by atoms with Crippen molar-refractivity contribution >= 4 is 27.8 Å². The van der Waals surface area contributed by atoms with E-state index >= 15 is 0 Å². The highest BCUT2D eigenvalue weighted by molar-refractivity contribution is 5.99. The Morgan fingerprint density at radius 2 is 2.03 bits per heavy atom. The third-order valence-corrected chi connectivity index (χ3v) is 7.61. The minimum Gasteiger partial charge on any atom is -0.494 e. The number of hydrogen-bond donors (Lipinski definition) is 2. The van der Waals surface area contributed by atoms with Crippen LogP contribution in [-0.2, 0) is 10.2 Å². The van der Waals surface area contributed by atoms with Crippen LogP contribution in [0.15, 0.2) is 36.5 Å². The summed E-state index contributed by atoms with van der Waals surface area (Å²) < 4.78 is 21.8. The van der Waals surface area contributed by atoms with Crippen molar-refractivity contribution in [2.75, 3.05) is 7.11 Å². The Balaban J connectivity index is 1.84. The standard InChI is InChI=1S/C28H29FN4O3/c1-28(2,10-11-30)26-25(16-4-6-17(7-5-16)27(34)35)20-14-22-18(15-31-32-22)12-23(20)33(26)19-8-9-21(29)24(13-19)36-3/h8-9,12-17H,4-7,10H2,1-3H3,(H,31,32)(H,34,35)/t16-,17+. The number of fused-ring (bicyclic) bond motifs is 2. The monoisotopic (exact) mass is 488 g/mol. The number of carboxylic acid groups (broad SMARTS) is 1. The van der Waals surface area contributed by atoms with Crippen LogP contribution in [0.5, 0.6) is 5.75 Å². The maximum Gasteiger partial charge on any atom is 0.306 e. The fraction of sp³-hybridized carbons (Fsp3) is 0.393. The Kier molecular flexibility index (Phi) is 5.95. The number of nitriles is 1. The number of carboxylic acids is 1. The molecule has 5 rings (SSSR count). The lowest BCUT2D eigenvalue weighted by molar-refractivity contribution is -0.142. The number of benzene rings is 2. The number of hydrogen-bond acceptors (Lipinski definition) is 4. The van der Waals surface area contributed by atoms with Gasteiger partial charge in [0.25, 0.3) is 0 Å². The molecule has 36 heavy (non-hydrogen) atoms. The van der Waals surface area contributed by atoms with Crippen molar-refractivity contribution < 1.29 is 19.0 Å². The van der Waals surface area contributed by atoms with Gasteiger partial charge >= 0.3 is 5.97 Å². The van der Waals surface area contributed by atoms with Crippen molar-refractivity contribution in [1.82, 2.24) is 14.8 Å². The smallest absolute Gasteiger partial charge is 0.306 e. The fourth-order valence-electron chi connectivity index (χ4n) is 5.80. The summed E-state index contributed by atoms with van der Waals surface area (Å²) in [6.07, 6.45) is 4.79. The molecule has 0 atom stereocenters. The number of ether oxygens (including phenoxy) is 1. The van der Waals surface area contributed by atoms with E-state index in [1.54, 1.807) is 18.3 Å². The summed E-state index contributed by atoms with van der Waals surface area (Å²) >= 11 is 0. The van der Waals surface area contributed by atoms with Crippen molar-refractivity contribution in [2.45, 2.75) is 57.3 Å². The van der Waals surface area contributed by atoms with E-state index in [0.717, 1.165) is 51.6 Å². The summed E-state index contributed by atoms with van der Waals surface area (Å²) in [5, 5.41) is 28.5. The first-order valence-electron chi connectivity index (χ1n) is 12.2. The summed E-state index contributed by atoms with van der Waals surface area (Å²) in [6, 6.07) is 11.3. The molecule has 0 radical (unpaired) electrons. The van der Waals surface area contributed by atoms with Crippen molar-refractivity contribution in [1.29, 1.82) is 5.26 Å². The molecule has 2 aromatic carbocycles. The quantitative estimate of drug-likeness (QED) is 0.336. The molecule has 2 aromatic heterocycles. The van der Waals surface area contributed by atoms with E-state index < -0.39 is 17.2 Å². The van der Waals surface area contributed by atoms with Crippen molar-refractivity contribution in [3.05, 3.63) is 53.6 Å². The molecule has 2 N–H and O–H groups in total. The van der Waals surface area contributed by atoms with Gasteiger partial charge in [0, 0.05) is 40.1 Å². The number of H-pyrrole nitrogens is 1. The minimum absolute atomic E-state index is 0.139. The van der Waals surface area contributed by atoms with Gasteiger partial charge in [-0.1, -0.05) is 13.8 Å². The van der Waals surface area contributed by atoms with Crippen LogP contribution in [0.3, 0.4) is 0 Å². The van der Waals surface area contributed by atoms with Crippen LogP contribution >= 0.6 is 0 Å². The van der Waals surface area contributed by atoms with Gasteiger partial charge in [-0.2, -0.15) is 10.4 Å². The van der Waals surface area contributed by atoms with Gasteiger partial charge in [0.15, 0.2) is 11.6 Å². The highest BCUT2D eigenvalue weighted by Gasteiger charge is 2.37. The Labute approximate surface area is 208 Å². The Hall–Kier alpha value is -3.86. The summed E-state index contributed by atoms with van der Waals surface area (Å²) in [4.78, 5) is 11.6. The molecule has 1 saturated carbocycles. The number of aromatic amines is 1. The molecule has 0 spiro atoms. The molecule has 0 bridgehead atoms. The van der Waals surface area contributed by atoms with Gasteiger partial charge in [-0.15, -0.1) is 0 Å². The normalized spacial score (nSPS) is 18.4. The second-order valence-electron chi connectivity index (χ2n) is 10.3. The lowest BCUT2D eigenvalue weighted by Gasteiger charge is -2.32. The predicted octanol–water partition coefficient (Wildman–Crippen LogP) is 6.20. The second kappa shape index (κ2) is 8.98. The van der Waals surface area contributed by atoms with Crippen LogP contribution in [0.25, 0.3) is 27.5 Å². The Bertz CT molecular complexity index is 1500. The zero-order chi connectivity index (χ0) is 25.6. The molecule has 1 fully saturated rings. The Morgan fingerprint density at radius 3 is 2.69 bits per heavy atom. The van der Waals surface area contributed by atoms with Gasteiger partial charge in [-0.25, -0.2) is 4.39 Å². The number of aromatic nitrogens is 3. The summed E-state index contributed by atoms with van der Waals surface area (Å²) in [6.45, 7) is 4.11. The van der Waals surface area contributed by atoms with E-state index in [1.165, 1.54) is 13.2 Å². The SMILES string of the molecule is COc1cc(-n2c(C(C)(C)CC#N)c([C@H]3CC[C@@H](C(=O)O)CC3)c3cc4[nH]ncc4cc32)ccc1F. The van der Waals surface area contributed by atoms with Crippen LogP contribution < -0.4 is 4.74 Å². The minimum atomic E-state index is -0.738. The highest BCUT2D eigenvalue weighted by Crippen LogP contribution is 2.47. The number of aliphatic carboxylic acids is 1. The number of nitrogens with one attached hydrogen (secondary N) is 1. The third-order valence-electron chi connectivity index (χ3n) is 7.61. The van der Waals surface area contributed by atoms with Gasteiger partial charge in [0.05, 0.1) is 36.3 Å². The molecular weight excluding hydrogens is 459 g/mol. The molecule has 0 amide bonds. The van der Waals surface area contributed by atoms with Crippen LogP contribution in [0.2, 0.25) is 0 Å². The lowest BCUT2D eigenvalue weighted by atomic mass is 9.74. The molecule has 0 aliphatic heterocycles. The number of rotatable bonds is 6. The van der Waals surface area contributed by atoms with E-state index in [0.29, 0.717) is 19.3 Å². The number of methoxy groups -OCH3 is 1. The summed E-state index contributed by atoms with van der Waals surface area (Å²) in [5.41, 5.74) is 4.18. The van der Waals surface area contributed by atoms with Crippen LogP contribution in [0, 0.1) is 23.1 Å². The van der Waals surface area contributed by atoms with E-state index in [1.807, 2.05) is 0 Å².